The third-order valence-electron chi connectivity index (χ3n) is 3.63. The van der Waals surface area contributed by atoms with Crippen molar-refractivity contribution in [3.05, 3.63) is 42.5 Å². The molecule has 1 aliphatic heterocycles. The molecule has 2 aromatic rings. The van der Waals surface area contributed by atoms with Gasteiger partial charge < -0.3 is 10.0 Å². The Morgan fingerprint density at radius 2 is 1.81 bits per heavy atom. The number of carbonyl (C=O) groups excluding carboxylic acids is 1. The smallest absolute Gasteiger partial charge is 0.326 e. The lowest BCUT2D eigenvalue weighted by atomic mass is 10.1. The second kappa shape index (κ2) is 5.35. The minimum Gasteiger partial charge on any atom is -0.480 e. The summed E-state index contributed by atoms with van der Waals surface area (Å²) in [7, 11) is 0. The Balaban J connectivity index is 1.80. The summed E-state index contributed by atoms with van der Waals surface area (Å²) in [5.74, 6) is -1.18. The number of carboxylic acid groups (broad SMARTS) is 1. The van der Waals surface area contributed by atoms with Gasteiger partial charge in [-0.15, -0.1) is 10.2 Å². The summed E-state index contributed by atoms with van der Waals surface area (Å²) in [4.78, 5) is 25.0. The SMILES string of the molecule is O=C(O)[C@H]1CCCN1C(=O)c1ccc(-n2cnnc2)cc1. The van der Waals surface area contributed by atoms with Crippen molar-refractivity contribution in [3.8, 4) is 5.69 Å². The van der Waals surface area contributed by atoms with Crippen LogP contribution in [0.4, 0.5) is 0 Å². The van der Waals surface area contributed by atoms with Crippen molar-refractivity contribution in [1.82, 2.24) is 19.7 Å². The van der Waals surface area contributed by atoms with Crippen LogP contribution in [0.15, 0.2) is 36.9 Å². The largest absolute Gasteiger partial charge is 0.480 e. The van der Waals surface area contributed by atoms with Gasteiger partial charge in [-0.25, -0.2) is 4.79 Å². The number of hydrogen-bond donors (Lipinski definition) is 1. The first kappa shape index (κ1) is 13.3. The Labute approximate surface area is 120 Å². The molecule has 0 spiro atoms. The summed E-state index contributed by atoms with van der Waals surface area (Å²) < 4.78 is 1.73. The van der Waals surface area contributed by atoms with Crippen molar-refractivity contribution in [2.24, 2.45) is 0 Å². The molecule has 0 aliphatic carbocycles. The summed E-state index contributed by atoms with van der Waals surface area (Å²) in [6.45, 7) is 0.489. The van der Waals surface area contributed by atoms with Crippen LogP contribution in [-0.2, 0) is 4.79 Å². The van der Waals surface area contributed by atoms with Crippen molar-refractivity contribution in [2.45, 2.75) is 18.9 Å². The molecule has 7 nitrogen and oxygen atoms in total. The average molecular weight is 286 g/mol. The Morgan fingerprint density at radius 1 is 1.14 bits per heavy atom. The first-order valence-corrected chi connectivity index (χ1v) is 6.65. The van der Waals surface area contributed by atoms with Gasteiger partial charge in [0, 0.05) is 17.8 Å². The van der Waals surface area contributed by atoms with Crippen LogP contribution in [-0.4, -0.2) is 49.2 Å². The van der Waals surface area contributed by atoms with Gasteiger partial charge in [-0.2, -0.15) is 0 Å². The van der Waals surface area contributed by atoms with Crippen molar-refractivity contribution in [3.63, 3.8) is 0 Å². The number of amides is 1. The molecule has 1 fully saturated rings. The van der Waals surface area contributed by atoms with E-state index in [1.807, 2.05) is 0 Å². The van der Waals surface area contributed by atoms with Gasteiger partial charge in [0.15, 0.2) is 0 Å². The molecule has 3 rings (SSSR count). The highest BCUT2D eigenvalue weighted by atomic mass is 16.4. The molecule has 1 saturated heterocycles. The molecule has 21 heavy (non-hydrogen) atoms. The van der Waals surface area contributed by atoms with E-state index in [2.05, 4.69) is 10.2 Å². The van der Waals surface area contributed by atoms with E-state index in [-0.39, 0.29) is 5.91 Å². The lowest BCUT2D eigenvalue weighted by Gasteiger charge is -2.21. The van der Waals surface area contributed by atoms with Crippen LogP contribution in [0, 0.1) is 0 Å². The second-order valence-electron chi connectivity index (χ2n) is 4.91. The van der Waals surface area contributed by atoms with Gasteiger partial charge in [0.2, 0.25) is 0 Å². The monoisotopic (exact) mass is 286 g/mol. The van der Waals surface area contributed by atoms with Crippen molar-refractivity contribution >= 4 is 11.9 Å². The van der Waals surface area contributed by atoms with E-state index in [0.29, 0.717) is 18.5 Å². The number of benzene rings is 1. The Morgan fingerprint density at radius 3 is 2.43 bits per heavy atom. The summed E-state index contributed by atoms with van der Waals surface area (Å²) in [5.41, 5.74) is 1.33. The second-order valence-corrected chi connectivity index (χ2v) is 4.91. The van der Waals surface area contributed by atoms with E-state index in [4.69, 9.17) is 5.11 Å². The van der Waals surface area contributed by atoms with Gasteiger partial charge in [-0.3, -0.25) is 9.36 Å². The predicted molar refractivity (Wildman–Crippen MR) is 73.1 cm³/mol. The van der Waals surface area contributed by atoms with E-state index in [9.17, 15) is 9.59 Å². The van der Waals surface area contributed by atoms with Gasteiger partial charge in [0.1, 0.15) is 18.7 Å². The number of aromatic nitrogens is 3. The molecule has 0 saturated carbocycles. The number of carboxylic acids is 1. The minimum absolute atomic E-state index is 0.241. The predicted octanol–water partition coefficient (Wildman–Crippen LogP) is 0.956. The molecule has 0 unspecified atom stereocenters. The van der Waals surface area contributed by atoms with Gasteiger partial charge >= 0.3 is 5.97 Å². The molecular formula is C14H14N4O3. The standard InChI is InChI=1S/C14H14N4O3/c19-13(18-7-1-2-12(18)14(20)21)10-3-5-11(6-4-10)17-8-15-16-9-17/h3-6,8-9,12H,1-2,7H2,(H,20,21)/t12-/m1/s1. The topological polar surface area (TPSA) is 88.3 Å². The number of aliphatic carboxylic acids is 1. The number of rotatable bonds is 3. The molecule has 1 atom stereocenters. The van der Waals surface area contributed by atoms with Crippen LogP contribution in [0.3, 0.4) is 0 Å². The zero-order valence-electron chi connectivity index (χ0n) is 11.2. The Kier molecular flexibility index (Phi) is 3.39. The lowest BCUT2D eigenvalue weighted by molar-refractivity contribution is -0.141. The van der Waals surface area contributed by atoms with E-state index >= 15 is 0 Å². The van der Waals surface area contributed by atoms with Crippen molar-refractivity contribution < 1.29 is 14.7 Å². The van der Waals surface area contributed by atoms with E-state index in [0.717, 1.165) is 12.1 Å². The van der Waals surface area contributed by atoms with Crippen LogP contribution in [0.25, 0.3) is 5.69 Å². The zero-order valence-corrected chi connectivity index (χ0v) is 11.2. The number of hydrogen-bond acceptors (Lipinski definition) is 4. The summed E-state index contributed by atoms with van der Waals surface area (Å²) in [5, 5.41) is 16.6. The van der Waals surface area contributed by atoms with E-state index < -0.39 is 12.0 Å². The number of carbonyl (C=O) groups is 2. The molecule has 7 heteroatoms. The summed E-state index contributed by atoms with van der Waals surface area (Å²) >= 11 is 0. The molecule has 1 amide bonds. The fraction of sp³-hybridized carbons (Fsp3) is 0.286. The van der Waals surface area contributed by atoms with Gasteiger partial charge in [0.25, 0.3) is 5.91 Å². The molecule has 0 bridgehead atoms. The normalized spacial score (nSPS) is 17.9. The summed E-state index contributed by atoms with van der Waals surface area (Å²) in [6.07, 6.45) is 4.37. The van der Waals surface area contributed by atoms with Crippen LogP contribution < -0.4 is 0 Å². The highest BCUT2D eigenvalue weighted by Gasteiger charge is 2.34. The van der Waals surface area contributed by atoms with Crippen LogP contribution in [0.1, 0.15) is 23.2 Å². The molecule has 1 N–H and O–H groups in total. The molecule has 2 heterocycles. The molecule has 108 valence electrons. The average Bonchev–Trinajstić information content (AvgIpc) is 3.18. The van der Waals surface area contributed by atoms with Crippen LogP contribution in [0.5, 0.6) is 0 Å². The maximum atomic E-state index is 12.4. The first-order chi connectivity index (χ1) is 10.2. The quantitative estimate of drug-likeness (QED) is 0.907. The fourth-order valence-electron chi connectivity index (χ4n) is 2.54. The minimum atomic E-state index is -0.943. The van der Waals surface area contributed by atoms with Gasteiger partial charge in [-0.1, -0.05) is 0 Å². The van der Waals surface area contributed by atoms with Crippen LogP contribution >= 0.6 is 0 Å². The molecule has 1 aliphatic rings. The first-order valence-electron chi connectivity index (χ1n) is 6.65. The number of nitrogens with zero attached hydrogens (tertiary/aromatic N) is 4. The van der Waals surface area contributed by atoms with Crippen LogP contribution in [0.2, 0.25) is 0 Å². The Bertz CT molecular complexity index is 651. The maximum absolute atomic E-state index is 12.4. The third-order valence-corrected chi connectivity index (χ3v) is 3.63. The van der Waals surface area contributed by atoms with E-state index in [1.165, 1.54) is 4.90 Å². The third kappa shape index (κ3) is 2.49. The maximum Gasteiger partial charge on any atom is 0.326 e. The zero-order chi connectivity index (χ0) is 14.8. The molecule has 0 radical (unpaired) electrons. The van der Waals surface area contributed by atoms with Crippen molar-refractivity contribution in [2.75, 3.05) is 6.54 Å². The fourth-order valence-corrected chi connectivity index (χ4v) is 2.54. The number of likely N-dealkylation sites (tertiary alicyclic amines) is 1. The molecule has 1 aromatic heterocycles. The van der Waals surface area contributed by atoms with Gasteiger partial charge in [-0.05, 0) is 37.1 Å². The Hall–Kier alpha value is -2.70. The lowest BCUT2D eigenvalue weighted by Crippen LogP contribution is -2.40. The van der Waals surface area contributed by atoms with Gasteiger partial charge in [0.05, 0.1) is 0 Å². The highest BCUT2D eigenvalue weighted by molar-refractivity contribution is 5.97. The van der Waals surface area contributed by atoms with E-state index in [1.54, 1.807) is 41.5 Å². The van der Waals surface area contributed by atoms with Crippen molar-refractivity contribution in [1.29, 1.82) is 0 Å². The summed E-state index contributed by atoms with van der Waals surface area (Å²) in [6, 6.07) is 6.23. The molecular weight excluding hydrogens is 272 g/mol. The molecule has 1 aromatic carbocycles. The highest BCUT2D eigenvalue weighted by Crippen LogP contribution is 2.21.